The predicted octanol–water partition coefficient (Wildman–Crippen LogP) is 3.66. The first kappa shape index (κ1) is 15.3. The third kappa shape index (κ3) is 3.10. The molecule has 0 aliphatic heterocycles. The van der Waals surface area contributed by atoms with Crippen molar-refractivity contribution in [2.75, 3.05) is 6.54 Å². The van der Waals surface area contributed by atoms with E-state index in [0.717, 1.165) is 24.5 Å². The van der Waals surface area contributed by atoms with E-state index in [1.165, 1.54) is 37.8 Å². The summed E-state index contributed by atoms with van der Waals surface area (Å²) in [5.74, 6) is 1.52. The molecule has 0 saturated heterocycles. The second kappa shape index (κ2) is 5.89. The molecule has 0 spiro atoms. The van der Waals surface area contributed by atoms with Crippen LogP contribution in [0, 0.1) is 17.8 Å². The lowest BCUT2D eigenvalue weighted by Crippen LogP contribution is -2.29. The van der Waals surface area contributed by atoms with Crippen LogP contribution < -0.4 is 5.32 Å². The van der Waals surface area contributed by atoms with E-state index in [1.807, 2.05) is 0 Å². The lowest BCUT2D eigenvalue weighted by molar-refractivity contribution is -0.141. The molecule has 1 amide bonds. The molecule has 2 fully saturated rings. The van der Waals surface area contributed by atoms with Gasteiger partial charge >= 0.3 is 6.18 Å². The van der Waals surface area contributed by atoms with Gasteiger partial charge in [-0.2, -0.15) is 13.2 Å². The van der Waals surface area contributed by atoms with Gasteiger partial charge in [0.1, 0.15) is 0 Å². The molecule has 0 aromatic carbocycles. The van der Waals surface area contributed by atoms with Gasteiger partial charge in [-0.3, -0.25) is 9.78 Å². The van der Waals surface area contributed by atoms with Crippen molar-refractivity contribution in [1.82, 2.24) is 10.3 Å². The number of pyridine rings is 1. The molecule has 0 unspecified atom stereocenters. The molecule has 1 N–H and O–H groups in total. The minimum absolute atomic E-state index is 0.400. The van der Waals surface area contributed by atoms with Crippen LogP contribution in [0.25, 0.3) is 0 Å². The average molecular weight is 312 g/mol. The number of carbonyl (C=O) groups is 1. The van der Waals surface area contributed by atoms with E-state index in [4.69, 9.17) is 0 Å². The second-order valence-corrected chi connectivity index (χ2v) is 6.38. The van der Waals surface area contributed by atoms with E-state index in [9.17, 15) is 18.0 Å². The van der Waals surface area contributed by atoms with Crippen LogP contribution in [0.5, 0.6) is 0 Å². The molecular weight excluding hydrogens is 293 g/mol. The van der Waals surface area contributed by atoms with Gasteiger partial charge in [-0.15, -0.1) is 0 Å². The summed E-state index contributed by atoms with van der Waals surface area (Å²) >= 11 is 0. The molecule has 6 heteroatoms. The van der Waals surface area contributed by atoms with Crippen LogP contribution in [0.3, 0.4) is 0 Å². The molecule has 3 nitrogen and oxygen atoms in total. The molecule has 3 atom stereocenters. The fourth-order valence-corrected chi connectivity index (χ4v) is 4.01. The van der Waals surface area contributed by atoms with E-state index in [0.29, 0.717) is 12.5 Å². The minimum Gasteiger partial charge on any atom is -0.352 e. The van der Waals surface area contributed by atoms with Crippen molar-refractivity contribution < 1.29 is 18.0 Å². The van der Waals surface area contributed by atoms with Gasteiger partial charge < -0.3 is 5.32 Å². The van der Waals surface area contributed by atoms with Crippen LogP contribution in [0.15, 0.2) is 18.3 Å². The van der Waals surface area contributed by atoms with E-state index in [-0.39, 0.29) is 0 Å². The largest absolute Gasteiger partial charge is 0.434 e. The Morgan fingerprint density at radius 2 is 2.14 bits per heavy atom. The number of carbonyl (C=O) groups excluding carboxylic acids is 1. The number of halogens is 3. The summed E-state index contributed by atoms with van der Waals surface area (Å²) in [5, 5.41) is 2.62. The summed E-state index contributed by atoms with van der Waals surface area (Å²) < 4.78 is 38.5. The van der Waals surface area contributed by atoms with Crippen molar-refractivity contribution in [2.45, 2.75) is 38.3 Å². The normalized spacial score (nSPS) is 27.1. The first-order chi connectivity index (χ1) is 10.4. The number of nitrogens with one attached hydrogen (secondary N) is 1. The van der Waals surface area contributed by atoms with Crippen molar-refractivity contribution >= 4 is 5.91 Å². The second-order valence-electron chi connectivity index (χ2n) is 6.38. The maximum absolute atomic E-state index is 12.8. The van der Waals surface area contributed by atoms with Crippen LogP contribution in [-0.2, 0) is 6.18 Å². The van der Waals surface area contributed by atoms with Crippen molar-refractivity contribution in [3.05, 3.63) is 29.6 Å². The number of fused-ring (bicyclic) bond motifs is 2. The van der Waals surface area contributed by atoms with Crippen LogP contribution in [-0.4, -0.2) is 17.4 Å². The Bertz CT molecular complexity index is 559. The summed E-state index contributed by atoms with van der Waals surface area (Å²) in [6.45, 7) is 0.429. The fourth-order valence-electron chi connectivity index (χ4n) is 4.01. The number of amides is 1. The van der Waals surface area contributed by atoms with Gasteiger partial charge in [0.2, 0.25) is 0 Å². The molecule has 1 aromatic rings. The van der Waals surface area contributed by atoms with Crippen molar-refractivity contribution in [3.63, 3.8) is 0 Å². The monoisotopic (exact) mass is 312 g/mol. The number of hydrogen-bond donors (Lipinski definition) is 1. The Hall–Kier alpha value is -1.59. The first-order valence-corrected chi connectivity index (χ1v) is 7.75. The van der Waals surface area contributed by atoms with Gasteiger partial charge in [0.25, 0.3) is 5.91 Å². The van der Waals surface area contributed by atoms with Gasteiger partial charge in [-0.05, 0) is 55.6 Å². The number of nitrogens with zero attached hydrogens (tertiary/aromatic N) is 1. The third-order valence-electron chi connectivity index (χ3n) is 5.01. The smallest absolute Gasteiger partial charge is 0.352 e. The van der Waals surface area contributed by atoms with Crippen LogP contribution in [0.2, 0.25) is 0 Å². The summed E-state index contributed by atoms with van der Waals surface area (Å²) in [6, 6.07) is 2.52. The van der Waals surface area contributed by atoms with E-state index in [1.54, 1.807) is 0 Å². The molecule has 2 aliphatic carbocycles. The number of aromatic nitrogens is 1. The van der Waals surface area contributed by atoms with Gasteiger partial charge in [-0.1, -0.05) is 6.42 Å². The molecule has 2 aliphatic rings. The number of alkyl halides is 3. The highest BCUT2D eigenvalue weighted by Crippen LogP contribution is 2.49. The predicted molar refractivity (Wildman–Crippen MR) is 75.1 cm³/mol. The maximum atomic E-state index is 12.8. The highest BCUT2D eigenvalue weighted by atomic mass is 19.4. The SMILES string of the molecule is O=C(NCC[C@H]1C[C@H]2CC[C@H]1C2)c1cccnc1C(F)(F)F. The van der Waals surface area contributed by atoms with Crippen LogP contribution in [0.1, 0.15) is 48.2 Å². The van der Waals surface area contributed by atoms with E-state index in [2.05, 4.69) is 10.3 Å². The van der Waals surface area contributed by atoms with Crippen LogP contribution >= 0.6 is 0 Å². The molecule has 0 radical (unpaired) electrons. The Balaban J connectivity index is 1.56. The molecule has 1 heterocycles. The number of hydrogen-bond acceptors (Lipinski definition) is 2. The van der Waals surface area contributed by atoms with Crippen LogP contribution in [0.4, 0.5) is 13.2 Å². The zero-order chi connectivity index (χ0) is 15.7. The van der Waals surface area contributed by atoms with Crippen molar-refractivity contribution in [2.24, 2.45) is 17.8 Å². The Morgan fingerprint density at radius 1 is 1.32 bits per heavy atom. The zero-order valence-electron chi connectivity index (χ0n) is 12.2. The summed E-state index contributed by atoms with van der Waals surface area (Å²) in [5.41, 5.74) is -1.52. The maximum Gasteiger partial charge on any atom is 0.434 e. The lowest BCUT2D eigenvalue weighted by Gasteiger charge is -2.21. The molecule has 22 heavy (non-hydrogen) atoms. The Morgan fingerprint density at radius 3 is 2.77 bits per heavy atom. The highest BCUT2D eigenvalue weighted by Gasteiger charge is 2.39. The topological polar surface area (TPSA) is 42.0 Å². The standard InChI is InChI=1S/C16H19F3N2O/c17-16(18,19)14-13(2-1-6-20-14)15(22)21-7-5-12-9-10-3-4-11(12)8-10/h1-2,6,10-12H,3-5,7-9H2,(H,21,22)/t10-,11-,12-/m0/s1. The molecule has 120 valence electrons. The molecule has 3 rings (SSSR count). The van der Waals surface area contributed by atoms with Crippen molar-refractivity contribution in [3.8, 4) is 0 Å². The van der Waals surface area contributed by atoms with E-state index >= 15 is 0 Å². The fraction of sp³-hybridized carbons (Fsp3) is 0.625. The molecule has 2 saturated carbocycles. The summed E-state index contributed by atoms with van der Waals surface area (Å²) in [6.07, 6.45) is 2.38. The minimum atomic E-state index is -4.61. The number of rotatable bonds is 4. The molecule has 1 aromatic heterocycles. The zero-order valence-corrected chi connectivity index (χ0v) is 12.2. The Kier molecular flexibility index (Phi) is 4.10. The highest BCUT2D eigenvalue weighted by molar-refractivity contribution is 5.95. The third-order valence-corrected chi connectivity index (χ3v) is 5.01. The first-order valence-electron chi connectivity index (χ1n) is 7.75. The lowest BCUT2D eigenvalue weighted by atomic mass is 9.86. The quantitative estimate of drug-likeness (QED) is 0.922. The van der Waals surface area contributed by atoms with Gasteiger partial charge in [0.15, 0.2) is 5.69 Å². The summed E-state index contributed by atoms with van der Waals surface area (Å²) in [4.78, 5) is 15.3. The molecular formula is C16H19F3N2O. The van der Waals surface area contributed by atoms with Crippen molar-refractivity contribution in [1.29, 1.82) is 0 Å². The van der Waals surface area contributed by atoms with E-state index < -0.39 is 23.3 Å². The Labute approximate surface area is 127 Å². The summed E-state index contributed by atoms with van der Waals surface area (Å²) in [7, 11) is 0. The average Bonchev–Trinajstić information content (AvgIpc) is 3.09. The molecule has 2 bridgehead atoms. The van der Waals surface area contributed by atoms with Gasteiger partial charge in [0.05, 0.1) is 5.56 Å². The van der Waals surface area contributed by atoms with Gasteiger partial charge in [0, 0.05) is 12.7 Å². The van der Waals surface area contributed by atoms with Gasteiger partial charge in [-0.25, -0.2) is 0 Å².